The molecule has 0 bridgehead atoms. The standard InChI is InChI=1S/C42H68F2N4O3/c43-37-15-17-41(49)35(31-37)33-45-23-11-7-3-1-5-9-13-25-47-27-19-39(20-28-47)51-40-21-29-48(30-22-40)26-14-10-6-2-4-8-12-24-46-34-36-32-38(44)16-18-42(36)50/h15-18,31-32,39-40,45-46,49-50H,1-14,19-30,33-34H2. The van der Waals surface area contributed by atoms with E-state index >= 15 is 0 Å². The van der Waals surface area contributed by atoms with E-state index < -0.39 is 0 Å². The minimum Gasteiger partial charge on any atom is -0.508 e. The molecular weight excluding hydrogens is 646 g/mol. The first kappa shape index (κ1) is 41.5. The molecule has 0 unspecified atom stereocenters. The Balaban J connectivity index is 0.872. The van der Waals surface area contributed by atoms with Crippen LogP contribution in [0.2, 0.25) is 0 Å². The number of nitrogens with zero attached hydrogens (tertiary/aromatic N) is 2. The predicted octanol–water partition coefficient (Wildman–Crippen LogP) is 8.66. The number of benzene rings is 2. The summed E-state index contributed by atoms with van der Waals surface area (Å²) in [7, 11) is 0. The fourth-order valence-electron chi connectivity index (χ4n) is 7.59. The Labute approximate surface area is 307 Å². The zero-order chi connectivity index (χ0) is 35.9. The molecule has 0 saturated carbocycles. The number of phenols is 2. The van der Waals surface area contributed by atoms with Crippen LogP contribution >= 0.6 is 0 Å². The average Bonchev–Trinajstić information content (AvgIpc) is 3.13. The van der Waals surface area contributed by atoms with Crippen molar-refractivity contribution in [3.05, 3.63) is 59.2 Å². The molecule has 51 heavy (non-hydrogen) atoms. The third kappa shape index (κ3) is 17.4. The molecule has 288 valence electrons. The van der Waals surface area contributed by atoms with E-state index in [-0.39, 0.29) is 23.1 Å². The topological polar surface area (TPSA) is 80.2 Å². The van der Waals surface area contributed by atoms with Gasteiger partial charge in [0.2, 0.25) is 0 Å². The molecule has 2 fully saturated rings. The molecule has 0 aromatic heterocycles. The largest absolute Gasteiger partial charge is 0.508 e. The maximum atomic E-state index is 13.3. The zero-order valence-corrected chi connectivity index (χ0v) is 31.4. The molecular formula is C42H68F2N4O3. The monoisotopic (exact) mass is 715 g/mol. The summed E-state index contributed by atoms with van der Waals surface area (Å²) in [6, 6.07) is 8.20. The Kier molecular flexibility index (Phi) is 20.2. The molecule has 2 aliphatic rings. The van der Waals surface area contributed by atoms with E-state index in [0.29, 0.717) is 36.4 Å². The third-order valence-corrected chi connectivity index (χ3v) is 10.8. The van der Waals surface area contributed by atoms with Gasteiger partial charge in [-0.2, -0.15) is 0 Å². The number of hydrogen-bond donors (Lipinski definition) is 4. The van der Waals surface area contributed by atoms with E-state index in [2.05, 4.69) is 20.4 Å². The summed E-state index contributed by atoms with van der Waals surface area (Å²) in [6.45, 7) is 10.0. The molecule has 7 nitrogen and oxygen atoms in total. The lowest BCUT2D eigenvalue weighted by Gasteiger charge is -2.37. The van der Waals surface area contributed by atoms with Gasteiger partial charge in [-0.1, -0.05) is 64.2 Å². The highest BCUT2D eigenvalue weighted by Crippen LogP contribution is 2.23. The molecule has 0 atom stereocenters. The van der Waals surface area contributed by atoms with Crippen molar-refractivity contribution in [1.29, 1.82) is 0 Å². The van der Waals surface area contributed by atoms with Crippen molar-refractivity contribution in [3.63, 3.8) is 0 Å². The van der Waals surface area contributed by atoms with Gasteiger partial charge in [-0.3, -0.25) is 0 Å². The van der Waals surface area contributed by atoms with E-state index in [4.69, 9.17) is 4.74 Å². The second-order valence-corrected chi connectivity index (χ2v) is 15.1. The highest BCUT2D eigenvalue weighted by molar-refractivity contribution is 5.33. The average molecular weight is 715 g/mol. The van der Waals surface area contributed by atoms with Crippen molar-refractivity contribution in [2.45, 2.75) is 141 Å². The maximum absolute atomic E-state index is 13.3. The summed E-state index contributed by atoms with van der Waals surface area (Å²) in [5.41, 5.74) is 1.24. The third-order valence-electron chi connectivity index (χ3n) is 10.8. The van der Waals surface area contributed by atoms with Crippen molar-refractivity contribution in [1.82, 2.24) is 20.4 Å². The Morgan fingerprint density at radius 2 is 0.882 bits per heavy atom. The van der Waals surface area contributed by atoms with Crippen LogP contribution < -0.4 is 10.6 Å². The van der Waals surface area contributed by atoms with Crippen LogP contribution in [0.5, 0.6) is 11.5 Å². The maximum Gasteiger partial charge on any atom is 0.123 e. The number of likely N-dealkylation sites (tertiary alicyclic amines) is 2. The van der Waals surface area contributed by atoms with Crippen molar-refractivity contribution in [2.75, 3.05) is 52.4 Å². The van der Waals surface area contributed by atoms with Crippen molar-refractivity contribution >= 4 is 0 Å². The quantitative estimate of drug-likeness (QED) is 0.0727. The molecule has 0 amide bonds. The molecule has 2 aromatic carbocycles. The van der Waals surface area contributed by atoms with Crippen molar-refractivity contribution in [2.24, 2.45) is 0 Å². The highest BCUT2D eigenvalue weighted by Gasteiger charge is 2.25. The van der Waals surface area contributed by atoms with Crippen LogP contribution in [0.15, 0.2) is 36.4 Å². The number of rotatable bonds is 26. The van der Waals surface area contributed by atoms with Gasteiger partial charge in [0.05, 0.1) is 12.2 Å². The minimum atomic E-state index is -0.306. The molecule has 2 heterocycles. The Morgan fingerprint density at radius 3 is 1.27 bits per heavy atom. The van der Waals surface area contributed by atoms with E-state index in [0.717, 1.165) is 25.9 Å². The summed E-state index contributed by atoms with van der Waals surface area (Å²) in [4.78, 5) is 5.29. The Morgan fingerprint density at radius 1 is 0.529 bits per heavy atom. The number of unbranched alkanes of at least 4 members (excludes halogenated alkanes) is 12. The van der Waals surface area contributed by atoms with E-state index in [1.165, 1.54) is 178 Å². The van der Waals surface area contributed by atoms with E-state index in [9.17, 15) is 19.0 Å². The zero-order valence-electron chi connectivity index (χ0n) is 31.4. The first-order chi connectivity index (χ1) is 25.0. The Hall–Kier alpha value is -2.30. The van der Waals surface area contributed by atoms with Gasteiger partial charge < -0.3 is 35.4 Å². The SMILES string of the molecule is Oc1ccc(F)cc1CNCCCCCCCCCN1CCC(OC2CCN(CCCCCCCCCNCc3cc(F)ccc3O)CC2)CC1. The second-order valence-electron chi connectivity index (χ2n) is 15.1. The lowest BCUT2D eigenvalue weighted by atomic mass is 10.0. The molecule has 0 aliphatic carbocycles. The molecule has 0 radical (unpaired) electrons. The smallest absolute Gasteiger partial charge is 0.123 e. The van der Waals surface area contributed by atoms with Crippen LogP contribution in [0, 0.1) is 11.6 Å². The first-order valence-electron chi connectivity index (χ1n) is 20.4. The van der Waals surface area contributed by atoms with Gasteiger partial charge >= 0.3 is 0 Å². The molecule has 0 spiro atoms. The summed E-state index contributed by atoms with van der Waals surface area (Å²) in [6.07, 6.45) is 23.3. The summed E-state index contributed by atoms with van der Waals surface area (Å²) >= 11 is 0. The number of aromatic hydroxyl groups is 2. The summed E-state index contributed by atoms with van der Waals surface area (Å²) in [5, 5.41) is 26.2. The van der Waals surface area contributed by atoms with Gasteiger partial charge in [0.1, 0.15) is 23.1 Å². The molecule has 2 aromatic rings. The van der Waals surface area contributed by atoms with Crippen LogP contribution in [0.3, 0.4) is 0 Å². The minimum absolute atomic E-state index is 0.155. The van der Waals surface area contributed by atoms with Gasteiger partial charge in [0.15, 0.2) is 0 Å². The molecule has 2 saturated heterocycles. The van der Waals surface area contributed by atoms with Gasteiger partial charge in [-0.05, 0) is 114 Å². The molecule has 2 aliphatic heterocycles. The van der Waals surface area contributed by atoms with Gasteiger partial charge in [-0.15, -0.1) is 0 Å². The summed E-state index contributed by atoms with van der Waals surface area (Å²) < 4.78 is 33.2. The second kappa shape index (κ2) is 24.9. The number of halogens is 2. The Bertz CT molecular complexity index is 1110. The van der Waals surface area contributed by atoms with Crippen molar-refractivity contribution < 1.29 is 23.7 Å². The molecule has 4 N–H and O–H groups in total. The predicted molar refractivity (Wildman–Crippen MR) is 204 cm³/mol. The van der Waals surface area contributed by atoms with E-state index in [1.54, 1.807) is 0 Å². The number of piperidine rings is 2. The first-order valence-corrected chi connectivity index (χ1v) is 20.4. The van der Waals surface area contributed by atoms with Gasteiger partial charge in [0.25, 0.3) is 0 Å². The lowest BCUT2D eigenvalue weighted by Crippen LogP contribution is -2.42. The summed E-state index contributed by atoms with van der Waals surface area (Å²) in [5.74, 6) is -0.303. The fourth-order valence-corrected chi connectivity index (χ4v) is 7.59. The number of hydrogen-bond acceptors (Lipinski definition) is 7. The highest BCUT2D eigenvalue weighted by atomic mass is 19.1. The van der Waals surface area contributed by atoms with E-state index in [1.807, 2.05) is 0 Å². The normalized spacial score (nSPS) is 16.7. The lowest BCUT2D eigenvalue weighted by molar-refractivity contribution is -0.0650. The van der Waals surface area contributed by atoms with Crippen LogP contribution in [0.4, 0.5) is 8.78 Å². The number of phenolic OH excluding ortho intramolecular Hbond substituents is 2. The fraction of sp³-hybridized carbons (Fsp3) is 0.714. The van der Waals surface area contributed by atoms with Gasteiger partial charge in [0, 0.05) is 50.4 Å². The number of nitrogens with one attached hydrogen (secondary N) is 2. The van der Waals surface area contributed by atoms with Crippen LogP contribution in [-0.2, 0) is 17.8 Å². The number of ether oxygens (including phenoxy) is 1. The molecule has 4 rings (SSSR count). The van der Waals surface area contributed by atoms with Crippen molar-refractivity contribution in [3.8, 4) is 11.5 Å². The molecule has 9 heteroatoms. The van der Waals surface area contributed by atoms with Crippen LogP contribution in [0.1, 0.15) is 127 Å². The van der Waals surface area contributed by atoms with Gasteiger partial charge in [-0.25, -0.2) is 8.78 Å². The van der Waals surface area contributed by atoms with Crippen LogP contribution in [0.25, 0.3) is 0 Å². The van der Waals surface area contributed by atoms with Crippen LogP contribution in [-0.4, -0.2) is 84.6 Å².